The molecule has 3 N–H and O–H groups in total. The van der Waals surface area contributed by atoms with Crippen molar-refractivity contribution in [2.45, 2.75) is 32.2 Å². The molecule has 3 rings (SSSR count). The molecule has 142 valence electrons. The maximum atomic E-state index is 11.4. The van der Waals surface area contributed by atoms with Crippen molar-refractivity contribution in [3.63, 3.8) is 0 Å². The van der Waals surface area contributed by atoms with E-state index < -0.39 is 12.0 Å². The van der Waals surface area contributed by atoms with E-state index in [2.05, 4.69) is 10.3 Å². The van der Waals surface area contributed by atoms with E-state index in [1.807, 2.05) is 18.2 Å². The van der Waals surface area contributed by atoms with Crippen LogP contribution >= 0.6 is 12.4 Å². The molecule has 1 aromatic carbocycles. The SMILES string of the molecule is CCOC(=O)CCCOc1ccc2[nH]c3c(c2c1)CCNC3C(=O)O.Cl. The Morgan fingerprint density at radius 3 is 2.88 bits per heavy atom. The summed E-state index contributed by atoms with van der Waals surface area (Å²) in [5, 5.41) is 13.3. The van der Waals surface area contributed by atoms with Crippen LogP contribution in [0.4, 0.5) is 0 Å². The zero-order valence-electron chi connectivity index (χ0n) is 14.5. The van der Waals surface area contributed by atoms with Gasteiger partial charge in [-0.3, -0.25) is 14.9 Å². The first-order valence-electron chi connectivity index (χ1n) is 8.49. The zero-order chi connectivity index (χ0) is 17.8. The van der Waals surface area contributed by atoms with Crippen molar-refractivity contribution in [3.05, 3.63) is 29.5 Å². The number of ether oxygens (including phenoxy) is 2. The van der Waals surface area contributed by atoms with Crippen molar-refractivity contribution in [3.8, 4) is 5.75 Å². The Kier molecular flexibility index (Phi) is 6.88. The summed E-state index contributed by atoms with van der Waals surface area (Å²) in [5.41, 5.74) is 2.64. The normalized spacial score (nSPS) is 15.8. The van der Waals surface area contributed by atoms with Crippen LogP contribution in [0.3, 0.4) is 0 Å². The number of carbonyl (C=O) groups is 2. The highest BCUT2D eigenvalue weighted by molar-refractivity contribution is 5.89. The number of carboxylic acid groups (broad SMARTS) is 1. The molecule has 0 radical (unpaired) electrons. The van der Waals surface area contributed by atoms with Crippen molar-refractivity contribution in [1.82, 2.24) is 10.3 Å². The molecule has 0 saturated carbocycles. The first kappa shape index (κ1) is 20.1. The summed E-state index contributed by atoms with van der Waals surface area (Å²) in [6, 6.07) is 4.97. The van der Waals surface area contributed by atoms with Crippen molar-refractivity contribution < 1.29 is 24.2 Å². The van der Waals surface area contributed by atoms with Gasteiger partial charge in [-0.15, -0.1) is 12.4 Å². The van der Waals surface area contributed by atoms with Crippen LogP contribution in [0, 0.1) is 0 Å². The van der Waals surface area contributed by atoms with Gasteiger partial charge in [-0.1, -0.05) is 0 Å². The molecule has 0 saturated heterocycles. The Balaban J connectivity index is 0.00000243. The number of benzene rings is 1. The minimum Gasteiger partial charge on any atom is -0.494 e. The largest absolute Gasteiger partial charge is 0.494 e. The highest BCUT2D eigenvalue weighted by Gasteiger charge is 2.29. The van der Waals surface area contributed by atoms with E-state index in [1.165, 1.54) is 0 Å². The lowest BCUT2D eigenvalue weighted by atomic mass is 9.99. The molecule has 0 aliphatic carbocycles. The number of halogens is 1. The van der Waals surface area contributed by atoms with Crippen LogP contribution in [0.25, 0.3) is 10.9 Å². The van der Waals surface area contributed by atoms with Gasteiger partial charge in [-0.05, 0) is 43.5 Å². The third-order valence-electron chi connectivity index (χ3n) is 4.27. The Hall–Kier alpha value is -2.25. The van der Waals surface area contributed by atoms with Crippen LogP contribution in [0.5, 0.6) is 5.75 Å². The summed E-state index contributed by atoms with van der Waals surface area (Å²) in [7, 11) is 0. The molecule has 7 nitrogen and oxygen atoms in total. The van der Waals surface area contributed by atoms with E-state index in [1.54, 1.807) is 6.92 Å². The van der Waals surface area contributed by atoms with Crippen LogP contribution < -0.4 is 10.1 Å². The third-order valence-corrected chi connectivity index (χ3v) is 4.27. The van der Waals surface area contributed by atoms with Gasteiger partial charge in [-0.25, -0.2) is 0 Å². The van der Waals surface area contributed by atoms with Gasteiger partial charge in [-0.2, -0.15) is 0 Å². The van der Waals surface area contributed by atoms with Crippen LogP contribution in [0.1, 0.15) is 37.1 Å². The van der Waals surface area contributed by atoms with E-state index in [-0.39, 0.29) is 18.4 Å². The number of carbonyl (C=O) groups excluding carboxylic acids is 1. The fraction of sp³-hybridized carbons (Fsp3) is 0.444. The number of rotatable bonds is 7. The summed E-state index contributed by atoms with van der Waals surface area (Å²) < 4.78 is 10.6. The molecule has 2 aromatic rings. The van der Waals surface area contributed by atoms with Gasteiger partial charge in [0.25, 0.3) is 0 Å². The number of fused-ring (bicyclic) bond motifs is 3. The van der Waals surface area contributed by atoms with Gasteiger partial charge >= 0.3 is 11.9 Å². The first-order valence-corrected chi connectivity index (χ1v) is 8.49. The second-order valence-corrected chi connectivity index (χ2v) is 5.96. The molecule has 1 unspecified atom stereocenters. The molecule has 26 heavy (non-hydrogen) atoms. The predicted octanol–water partition coefficient (Wildman–Crippen LogP) is 2.58. The molecule has 0 fully saturated rings. The van der Waals surface area contributed by atoms with Crippen LogP contribution in [0.2, 0.25) is 0 Å². The Morgan fingerprint density at radius 1 is 1.35 bits per heavy atom. The van der Waals surface area contributed by atoms with Gasteiger partial charge in [0.05, 0.1) is 13.2 Å². The molecule has 1 aromatic heterocycles. The van der Waals surface area contributed by atoms with E-state index in [0.29, 0.717) is 44.0 Å². The van der Waals surface area contributed by atoms with Gasteiger partial charge in [0.15, 0.2) is 0 Å². The molecule has 1 aliphatic heterocycles. The quantitative estimate of drug-likeness (QED) is 0.502. The van der Waals surface area contributed by atoms with Gasteiger partial charge in [0, 0.05) is 29.6 Å². The zero-order valence-corrected chi connectivity index (χ0v) is 15.4. The number of carboxylic acids is 1. The summed E-state index contributed by atoms with van der Waals surface area (Å²) in [6.45, 7) is 3.23. The number of H-pyrrole nitrogens is 1. The minimum atomic E-state index is -0.886. The highest BCUT2D eigenvalue weighted by atomic mass is 35.5. The Morgan fingerprint density at radius 2 is 2.15 bits per heavy atom. The maximum absolute atomic E-state index is 11.4. The van der Waals surface area contributed by atoms with E-state index >= 15 is 0 Å². The highest BCUT2D eigenvalue weighted by Crippen LogP contribution is 2.32. The molecule has 1 atom stereocenters. The summed E-state index contributed by atoms with van der Waals surface area (Å²) >= 11 is 0. The Labute approximate surface area is 157 Å². The molecule has 1 aliphatic rings. The Bertz CT molecular complexity index is 789. The molecule has 8 heteroatoms. The second-order valence-electron chi connectivity index (χ2n) is 5.96. The molecular formula is C18H23ClN2O5. The minimum absolute atomic E-state index is 0. The standard InChI is InChI=1S/C18H22N2O5.ClH/c1-2-24-15(21)4-3-9-25-11-5-6-14-13(10-11)12-7-8-19-17(18(22)23)16(12)20-14;/h5-6,10,17,19-20H,2-4,7-9H2,1H3,(H,22,23);1H. The average molecular weight is 383 g/mol. The number of hydrogen-bond acceptors (Lipinski definition) is 5. The lowest BCUT2D eigenvalue weighted by molar-refractivity contribution is -0.143. The van der Waals surface area contributed by atoms with Gasteiger partial charge in [0.2, 0.25) is 0 Å². The molecule has 0 bridgehead atoms. The van der Waals surface area contributed by atoms with Crippen molar-refractivity contribution >= 4 is 35.2 Å². The van der Waals surface area contributed by atoms with Crippen LogP contribution in [0.15, 0.2) is 18.2 Å². The van der Waals surface area contributed by atoms with Crippen molar-refractivity contribution in [1.29, 1.82) is 0 Å². The number of esters is 1. The molecule has 0 spiro atoms. The number of hydrogen-bond donors (Lipinski definition) is 3. The van der Waals surface area contributed by atoms with E-state index in [0.717, 1.165) is 22.9 Å². The van der Waals surface area contributed by atoms with E-state index in [4.69, 9.17) is 9.47 Å². The van der Waals surface area contributed by atoms with E-state index in [9.17, 15) is 14.7 Å². The lowest BCUT2D eigenvalue weighted by Gasteiger charge is -2.20. The number of nitrogens with one attached hydrogen (secondary N) is 2. The van der Waals surface area contributed by atoms with Gasteiger partial charge < -0.3 is 19.6 Å². The first-order chi connectivity index (χ1) is 12.1. The monoisotopic (exact) mass is 382 g/mol. The van der Waals surface area contributed by atoms with Crippen LogP contribution in [-0.2, 0) is 20.7 Å². The average Bonchev–Trinajstić information content (AvgIpc) is 2.96. The second kappa shape index (κ2) is 8.91. The van der Waals surface area contributed by atoms with Crippen molar-refractivity contribution in [2.24, 2.45) is 0 Å². The smallest absolute Gasteiger partial charge is 0.326 e. The number of aliphatic carboxylic acids is 1. The predicted molar refractivity (Wildman–Crippen MR) is 99.0 cm³/mol. The lowest BCUT2D eigenvalue weighted by Crippen LogP contribution is -2.34. The fourth-order valence-corrected chi connectivity index (χ4v) is 3.15. The molecular weight excluding hydrogens is 360 g/mol. The molecule has 0 amide bonds. The van der Waals surface area contributed by atoms with Gasteiger partial charge in [0.1, 0.15) is 11.8 Å². The summed E-state index contributed by atoms with van der Waals surface area (Å²) in [6.07, 6.45) is 1.69. The number of aromatic amines is 1. The fourth-order valence-electron chi connectivity index (χ4n) is 3.15. The number of aromatic nitrogens is 1. The van der Waals surface area contributed by atoms with Crippen LogP contribution in [-0.4, -0.2) is 41.8 Å². The third kappa shape index (κ3) is 4.28. The topological polar surface area (TPSA) is 101 Å². The maximum Gasteiger partial charge on any atom is 0.326 e. The summed E-state index contributed by atoms with van der Waals surface area (Å²) in [5.74, 6) is -0.389. The van der Waals surface area contributed by atoms with Crippen molar-refractivity contribution in [2.75, 3.05) is 19.8 Å². The summed E-state index contributed by atoms with van der Waals surface area (Å²) in [4.78, 5) is 25.9. The molecule has 2 heterocycles.